The third kappa shape index (κ3) is 7.43. The number of nitrogens with zero attached hydrogens (tertiary/aromatic N) is 2. The normalized spacial score (nSPS) is 16.3. The van der Waals surface area contributed by atoms with Gasteiger partial charge in [-0.1, -0.05) is 25.4 Å². The smallest absolute Gasteiger partial charge is 0.306 e. The van der Waals surface area contributed by atoms with Gasteiger partial charge in [-0.05, 0) is 46.9 Å². The van der Waals surface area contributed by atoms with E-state index < -0.39 is 30.0 Å². The minimum Gasteiger partial charge on any atom is -0.504 e. The van der Waals surface area contributed by atoms with Crippen molar-refractivity contribution in [3.63, 3.8) is 0 Å². The number of carboxylic acids is 2. The Morgan fingerprint density at radius 1 is 0.907 bits per heavy atom. The second kappa shape index (κ2) is 13.7. The minimum atomic E-state index is -1.03. The van der Waals surface area contributed by atoms with E-state index in [0.29, 0.717) is 48.3 Å². The molecule has 234 valence electrons. The van der Waals surface area contributed by atoms with E-state index in [1.807, 2.05) is 0 Å². The van der Waals surface area contributed by atoms with Crippen LogP contribution in [0.2, 0.25) is 5.02 Å². The SMILES string of the molecule is COc1cc2c(c(Cl)c1OCCCOc1cc3c(cc1O)CN(C(O)C[C@H](C)C(=O)O)C3)CN(C(=O)C[C@H](C)C(=O)O)C2. The molecule has 12 nitrogen and oxygen atoms in total. The molecule has 13 heteroatoms. The highest BCUT2D eigenvalue weighted by Crippen LogP contribution is 2.43. The van der Waals surface area contributed by atoms with Crippen molar-refractivity contribution in [1.82, 2.24) is 9.80 Å². The van der Waals surface area contributed by atoms with Crippen molar-refractivity contribution >= 4 is 29.4 Å². The van der Waals surface area contributed by atoms with Crippen molar-refractivity contribution in [3.05, 3.63) is 45.5 Å². The summed E-state index contributed by atoms with van der Waals surface area (Å²) in [6, 6.07) is 5.09. The number of amides is 1. The van der Waals surface area contributed by atoms with Gasteiger partial charge in [-0.15, -0.1) is 0 Å². The first kappa shape index (κ1) is 32.2. The largest absolute Gasteiger partial charge is 0.504 e. The van der Waals surface area contributed by atoms with Crippen LogP contribution in [0.1, 0.15) is 55.4 Å². The molecule has 4 N–H and O–H groups in total. The molecule has 1 amide bonds. The molecule has 2 aromatic rings. The summed E-state index contributed by atoms with van der Waals surface area (Å²) >= 11 is 6.67. The number of rotatable bonds is 14. The second-order valence-electron chi connectivity index (χ2n) is 11.1. The van der Waals surface area contributed by atoms with Crippen LogP contribution in [0.15, 0.2) is 18.2 Å². The lowest BCUT2D eigenvalue weighted by atomic mass is 10.1. The summed E-state index contributed by atoms with van der Waals surface area (Å²) < 4.78 is 17.2. The number of benzene rings is 2. The fraction of sp³-hybridized carbons (Fsp3) is 0.500. The summed E-state index contributed by atoms with van der Waals surface area (Å²) in [6.45, 7) is 4.83. The van der Waals surface area contributed by atoms with Gasteiger partial charge < -0.3 is 39.5 Å². The number of ether oxygens (including phenoxy) is 3. The fourth-order valence-electron chi connectivity index (χ4n) is 5.15. The number of methoxy groups -OCH3 is 1. The molecule has 2 aliphatic heterocycles. The summed E-state index contributed by atoms with van der Waals surface area (Å²) in [7, 11) is 1.49. The Balaban J connectivity index is 1.30. The summed E-state index contributed by atoms with van der Waals surface area (Å²) in [6.07, 6.45) is -0.481. The number of carboxylic acid groups (broad SMARTS) is 2. The number of aliphatic hydroxyl groups is 1. The maximum Gasteiger partial charge on any atom is 0.306 e. The molecule has 0 fully saturated rings. The first-order chi connectivity index (χ1) is 20.4. The molecule has 43 heavy (non-hydrogen) atoms. The summed E-state index contributed by atoms with van der Waals surface area (Å²) in [5.41, 5.74) is 3.25. The van der Waals surface area contributed by atoms with Crippen LogP contribution in [0.4, 0.5) is 0 Å². The van der Waals surface area contributed by atoms with Crippen molar-refractivity contribution in [2.75, 3.05) is 20.3 Å². The van der Waals surface area contributed by atoms with Gasteiger partial charge in [0.15, 0.2) is 23.0 Å². The third-order valence-electron chi connectivity index (χ3n) is 7.79. The molecule has 0 bridgehead atoms. The van der Waals surface area contributed by atoms with E-state index in [2.05, 4.69) is 0 Å². The molecular weight excluding hydrogens is 584 g/mol. The molecule has 2 heterocycles. The standard InChI is InChI=1S/C30H37ClN2O10/c1-16(29(37)38)7-25(35)32-12-18-9-22(34)23(10-19(18)13-32)42-5-4-6-43-28-24(41-3)11-20-14-33(15-21(20)27(28)31)26(36)8-17(2)30(39)40/h9-11,16-17,25,34-35H,4-8,12-15H2,1-3H3,(H,37,38)(H,39,40)/t16-,17-,25?/m0/s1. The Labute approximate surface area is 254 Å². The van der Waals surface area contributed by atoms with Crippen LogP contribution in [0.5, 0.6) is 23.0 Å². The third-order valence-corrected chi connectivity index (χ3v) is 8.19. The number of hydrogen-bond acceptors (Lipinski definition) is 9. The van der Waals surface area contributed by atoms with Gasteiger partial charge in [-0.25, -0.2) is 0 Å². The summed E-state index contributed by atoms with van der Waals surface area (Å²) in [5, 5.41) is 39.5. The Hall–Kier alpha value is -3.74. The van der Waals surface area contributed by atoms with Crippen molar-refractivity contribution in [2.45, 2.75) is 65.5 Å². The molecule has 2 aliphatic rings. The van der Waals surface area contributed by atoms with Gasteiger partial charge in [0.05, 0.1) is 37.2 Å². The van der Waals surface area contributed by atoms with Gasteiger partial charge in [-0.2, -0.15) is 0 Å². The number of aromatic hydroxyl groups is 1. The van der Waals surface area contributed by atoms with Crippen LogP contribution in [-0.2, 0) is 40.6 Å². The van der Waals surface area contributed by atoms with Crippen LogP contribution >= 0.6 is 11.6 Å². The van der Waals surface area contributed by atoms with Gasteiger partial charge in [-0.3, -0.25) is 19.3 Å². The van der Waals surface area contributed by atoms with E-state index in [-0.39, 0.29) is 44.3 Å². The van der Waals surface area contributed by atoms with E-state index in [0.717, 1.165) is 22.3 Å². The predicted octanol–water partition coefficient (Wildman–Crippen LogP) is 3.60. The van der Waals surface area contributed by atoms with Crippen LogP contribution in [0.3, 0.4) is 0 Å². The zero-order valence-electron chi connectivity index (χ0n) is 24.3. The van der Waals surface area contributed by atoms with Crippen LogP contribution in [0, 0.1) is 11.8 Å². The monoisotopic (exact) mass is 620 g/mol. The number of phenols is 1. The van der Waals surface area contributed by atoms with E-state index in [4.69, 9.17) is 36.0 Å². The number of hydrogen-bond donors (Lipinski definition) is 4. The van der Waals surface area contributed by atoms with E-state index in [1.165, 1.54) is 14.0 Å². The number of fused-ring (bicyclic) bond motifs is 2. The van der Waals surface area contributed by atoms with E-state index >= 15 is 0 Å². The topological polar surface area (TPSA) is 166 Å². The first-order valence-electron chi connectivity index (χ1n) is 14.0. The number of aliphatic carboxylic acids is 2. The lowest BCUT2D eigenvalue weighted by Gasteiger charge is -2.23. The highest BCUT2D eigenvalue weighted by molar-refractivity contribution is 6.33. The van der Waals surface area contributed by atoms with Gasteiger partial charge in [0.1, 0.15) is 6.23 Å². The Kier molecular flexibility index (Phi) is 10.3. The predicted molar refractivity (Wildman–Crippen MR) is 154 cm³/mol. The maximum absolute atomic E-state index is 12.6. The Morgan fingerprint density at radius 2 is 1.53 bits per heavy atom. The molecule has 0 saturated heterocycles. The highest BCUT2D eigenvalue weighted by Gasteiger charge is 2.31. The van der Waals surface area contributed by atoms with Gasteiger partial charge in [0.2, 0.25) is 5.91 Å². The fourth-order valence-corrected chi connectivity index (χ4v) is 5.48. The second-order valence-corrected chi connectivity index (χ2v) is 11.4. The molecular formula is C30H37ClN2O10. The molecule has 0 spiro atoms. The molecule has 0 saturated carbocycles. The quantitative estimate of drug-likeness (QED) is 0.228. The van der Waals surface area contributed by atoms with Crippen molar-refractivity contribution in [2.24, 2.45) is 11.8 Å². The number of carbonyl (C=O) groups excluding carboxylic acids is 1. The number of carbonyl (C=O) groups is 3. The highest BCUT2D eigenvalue weighted by atomic mass is 35.5. The molecule has 1 unspecified atom stereocenters. The number of phenolic OH excluding ortho intramolecular Hbond substituents is 1. The number of halogens is 1. The summed E-state index contributed by atoms with van der Waals surface area (Å²) in [5.74, 6) is -2.71. The molecule has 4 rings (SSSR count). The number of aliphatic hydroxyl groups excluding tert-OH is 1. The van der Waals surface area contributed by atoms with Gasteiger partial charge in [0.25, 0.3) is 0 Å². The average molecular weight is 621 g/mol. The zero-order chi connectivity index (χ0) is 31.4. The lowest BCUT2D eigenvalue weighted by Crippen LogP contribution is -2.33. The van der Waals surface area contributed by atoms with Crippen molar-refractivity contribution < 1.29 is 49.0 Å². The van der Waals surface area contributed by atoms with Gasteiger partial charge >= 0.3 is 11.9 Å². The molecule has 0 aromatic heterocycles. The maximum atomic E-state index is 12.6. The minimum absolute atomic E-state index is 0.0323. The van der Waals surface area contributed by atoms with E-state index in [1.54, 1.807) is 34.9 Å². The van der Waals surface area contributed by atoms with Gasteiger partial charge in [0, 0.05) is 39.0 Å². The first-order valence-corrected chi connectivity index (χ1v) is 14.4. The Bertz CT molecular complexity index is 1380. The van der Waals surface area contributed by atoms with Crippen LogP contribution in [0.25, 0.3) is 0 Å². The van der Waals surface area contributed by atoms with E-state index in [9.17, 15) is 24.6 Å². The Morgan fingerprint density at radius 3 is 2.19 bits per heavy atom. The van der Waals surface area contributed by atoms with Crippen LogP contribution < -0.4 is 14.2 Å². The molecule has 2 aromatic carbocycles. The molecule has 0 radical (unpaired) electrons. The lowest BCUT2D eigenvalue weighted by molar-refractivity contribution is -0.145. The molecule has 0 aliphatic carbocycles. The van der Waals surface area contributed by atoms with Crippen molar-refractivity contribution in [1.29, 1.82) is 0 Å². The zero-order valence-corrected chi connectivity index (χ0v) is 25.1. The average Bonchev–Trinajstić information content (AvgIpc) is 3.58. The summed E-state index contributed by atoms with van der Waals surface area (Å²) in [4.78, 5) is 38.2. The molecule has 3 atom stereocenters. The van der Waals surface area contributed by atoms with Crippen LogP contribution in [-0.4, -0.2) is 74.6 Å². The van der Waals surface area contributed by atoms with Crippen molar-refractivity contribution in [3.8, 4) is 23.0 Å².